The second-order valence-electron chi connectivity index (χ2n) is 7.27. The molecule has 1 saturated heterocycles. The fraction of sp³-hybridized carbons (Fsp3) is 0.300. The molecule has 32 heavy (non-hydrogen) atoms. The number of nitrogens with zero attached hydrogens (tertiary/aromatic N) is 1. The number of phenols is 1. The molecule has 0 radical (unpaired) electrons. The fourth-order valence-electron chi connectivity index (χ4n) is 3.48. The average Bonchev–Trinajstić information content (AvgIpc) is 3.20. The van der Waals surface area contributed by atoms with Gasteiger partial charge in [-0.25, -0.2) is 13.2 Å². The number of phenolic OH excluding ortho intramolecular Hbond substituents is 1. The third-order valence-corrected chi connectivity index (χ3v) is 8.20. The highest BCUT2D eigenvalue weighted by molar-refractivity contribution is 14.1. The number of aliphatic carboxylic acids is 1. The van der Waals surface area contributed by atoms with Gasteiger partial charge in [-0.1, -0.05) is 29.3 Å². The van der Waals surface area contributed by atoms with Crippen molar-refractivity contribution in [2.45, 2.75) is 36.2 Å². The number of nitrogens with one attached hydrogen (secondary N) is 1. The Morgan fingerprint density at radius 1 is 1.19 bits per heavy atom. The normalized spacial score (nSPS) is 17.8. The van der Waals surface area contributed by atoms with Gasteiger partial charge in [0.05, 0.1) is 8.47 Å². The zero-order valence-corrected chi connectivity index (χ0v) is 20.9. The molecule has 2 aromatic carbocycles. The van der Waals surface area contributed by atoms with Crippen LogP contribution in [-0.2, 0) is 26.0 Å². The molecule has 172 valence electrons. The van der Waals surface area contributed by atoms with E-state index in [9.17, 15) is 28.2 Å². The Morgan fingerprint density at radius 3 is 2.44 bits per heavy atom. The first-order valence-electron chi connectivity index (χ1n) is 9.47. The van der Waals surface area contributed by atoms with Crippen LogP contribution < -0.4 is 5.32 Å². The van der Waals surface area contributed by atoms with Gasteiger partial charge >= 0.3 is 5.97 Å². The summed E-state index contributed by atoms with van der Waals surface area (Å²) < 4.78 is 27.8. The molecule has 8 nitrogen and oxygen atoms in total. The van der Waals surface area contributed by atoms with Crippen LogP contribution in [0.25, 0.3) is 0 Å². The Hall–Kier alpha value is -1.60. The highest BCUT2D eigenvalue weighted by Crippen LogP contribution is 2.30. The number of rotatable bonds is 7. The Balaban J connectivity index is 1.80. The van der Waals surface area contributed by atoms with Crippen LogP contribution >= 0.6 is 45.8 Å². The number of hydrogen-bond donors (Lipinski definition) is 3. The van der Waals surface area contributed by atoms with Gasteiger partial charge in [-0.05, 0) is 71.3 Å². The smallest absolute Gasteiger partial charge is 0.326 e. The zero-order valence-electron chi connectivity index (χ0n) is 16.5. The summed E-state index contributed by atoms with van der Waals surface area (Å²) in [5.74, 6) is -1.88. The molecule has 1 amide bonds. The summed E-state index contributed by atoms with van der Waals surface area (Å²) in [4.78, 5) is 24.5. The summed E-state index contributed by atoms with van der Waals surface area (Å²) in [5, 5.41) is 22.0. The molecule has 1 heterocycles. The van der Waals surface area contributed by atoms with Gasteiger partial charge in [0.1, 0.15) is 17.8 Å². The monoisotopic (exact) mass is 612 g/mol. The number of sulfonamides is 1. The molecule has 0 aliphatic carbocycles. The van der Waals surface area contributed by atoms with Gasteiger partial charge in [0.25, 0.3) is 0 Å². The maximum absolute atomic E-state index is 13.1. The largest absolute Gasteiger partial charge is 0.507 e. The number of amides is 1. The Bertz CT molecular complexity index is 1140. The van der Waals surface area contributed by atoms with E-state index in [0.29, 0.717) is 15.6 Å². The van der Waals surface area contributed by atoms with Crippen LogP contribution in [0.2, 0.25) is 10.0 Å². The first kappa shape index (κ1) is 25.0. The van der Waals surface area contributed by atoms with Gasteiger partial charge in [-0.3, -0.25) is 4.79 Å². The average molecular weight is 613 g/mol. The molecule has 2 atom stereocenters. The second kappa shape index (κ2) is 10.1. The van der Waals surface area contributed by atoms with E-state index in [-0.39, 0.29) is 40.1 Å². The summed E-state index contributed by atoms with van der Waals surface area (Å²) in [5.41, 5.74) is 0.601. The van der Waals surface area contributed by atoms with Crippen molar-refractivity contribution in [3.63, 3.8) is 0 Å². The minimum atomic E-state index is -4.08. The van der Waals surface area contributed by atoms with Crippen LogP contribution in [0, 0.1) is 3.57 Å². The predicted molar refractivity (Wildman–Crippen MR) is 127 cm³/mol. The Kier molecular flexibility index (Phi) is 7.92. The van der Waals surface area contributed by atoms with E-state index in [2.05, 4.69) is 5.32 Å². The summed E-state index contributed by atoms with van der Waals surface area (Å²) in [6.07, 6.45) is 0.670. The maximum atomic E-state index is 13.1. The summed E-state index contributed by atoms with van der Waals surface area (Å²) in [7, 11) is -4.08. The summed E-state index contributed by atoms with van der Waals surface area (Å²) in [6, 6.07) is 6.21. The highest BCUT2D eigenvalue weighted by atomic mass is 127. The molecule has 1 aliphatic heterocycles. The van der Waals surface area contributed by atoms with Gasteiger partial charge < -0.3 is 15.5 Å². The number of benzene rings is 2. The van der Waals surface area contributed by atoms with Crippen LogP contribution in [0.1, 0.15) is 18.4 Å². The van der Waals surface area contributed by atoms with Crippen LogP contribution in [0.3, 0.4) is 0 Å². The van der Waals surface area contributed by atoms with Crippen LogP contribution in [0.4, 0.5) is 0 Å². The lowest BCUT2D eigenvalue weighted by molar-refractivity contribution is -0.142. The third kappa shape index (κ3) is 5.66. The number of carbonyl (C=O) groups excluding carboxylic acids is 1. The number of halogens is 3. The quantitative estimate of drug-likeness (QED) is 0.412. The molecular weight excluding hydrogens is 594 g/mol. The molecular formula is C20H19Cl2IN2O6S. The zero-order chi connectivity index (χ0) is 23.6. The van der Waals surface area contributed by atoms with Gasteiger partial charge in [0.2, 0.25) is 15.9 Å². The third-order valence-electron chi connectivity index (χ3n) is 5.02. The Morgan fingerprint density at radius 2 is 1.84 bits per heavy atom. The van der Waals surface area contributed by atoms with Gasteiger partial charge in [-0.15, -0.1) is 0 Å². The van der Waals surface area contributed by atoms with Crippen LogP contribution in [0.15, 0.2) is 41.3 Å². The van der Waals surface area contributed by atoms with Crippen molar-refractivity contribution in [3.05, 3.63) is 55.6 Å². The SMILES string of the molecule is O=C(O)[C@H](Cc1ccc(O)c(I)c1)NC(=O)[C@@H]1CCCN1S(=O)(=O)c1cc(Cl)cc(Cl)c1. The maximum Gasteiger partial charge on any atom is 0.326 e. The van der Waals surface area contributed by atoms with Crippen molar-refractivity contribution in [1.29, 1.82) is 0 Å². The molecule has 0 unspecified atom stereocenters. The molecule has 3 rings (SSSR count). The molecule has 0 saturated carbocycles. The lowest BCUT2D eigenvalue weighted by atomic mass is 10.1. The molecule has 0 bridgehead atoms. The van der Waals surface area contributed by atoms with Crippen LogP contribution in [-0.4, -0.2) is 53.4 Å². The van der Waals surface area contributed by atoms with Crippen molar-refractivity contribution in [3.8, 4) is 5.75 Å². The second-order valence-corrected chi connectivity index (χ2v) is 11.2. The van der Waals surface area contributed by atoms with E-state index >= 15 is 0 Å². The number of carboxylic acid groups (broad SMARTS) is 1. The molecule has 3 N–H and O–H groups in total. The van der Waals surface area contributed by atoms with Crippen molar-refractivity contribution < 1.29 is 28.2 Å². The number of aromatic hydroxyl groups is 1. The summed E-state index contributed by atoms with van der Waals surface area (Å²) in [6.45, 7) is 0.110. The van der Waals surface area contributed by atoms with Gasteiger partial charge in [-0.2, -0.15) is 4.31 Å². The lowest BCUT2D eigenvalue weighted by Gasteiger charge is -2.25. The minimum absolute atomic E-state index is 0.0271. The fourth-order valence-corrected chi connectivity index (χ4v) is 6.45. The van der Waals surface area contributed by atoms with E-state index in [4.69, 9.17) is 23.2 Å². The van der Waals surface area contributed by atoms with E-state index in [1.807, 2.05) is 22.6 Å². The first-order valence-corrected chi connectivity index (χ1v) is 12.7. The highest BCUT2D eigenvalue weighted by Gasteiger charge is 2.40. The van der Waals surface area contributed by atoms with Crippen molar-refractivity contribution >= 4 is 67.7 Å². The molecule has 2 aromatic rings. The molecule has 1 fully saturated rings. The lowest BCUT2D eigenvalue weighted by Crippen LogP contribution is -2.51. The van der Waals surface area contributed by atoms with E-state index in [1.54, 1.807) is 12.1 Å². The standard InChI is InChI=1S/C20H19Cl2IN2O6S/c21-12-8-13(22)10-14(9-12)32(30,31)25-5-1-2-17(25)19(27)24-16(20(28)29)7-11-3-4-18(26)15(23)6-11/h3-4,6,8-10,16-17,26H,1-2,5,7H2,(H,24,27)(H,28,29)/t16-,17-/m0/s1. The number of carboxylic acids is 1. The van der Waals surface area contributed by atoms with Crippen LogP contribution in [0.5, 0.6) is 5.75 Å². The summed E-state index contributed by atoms with van der Waals surface area (Å²) >= 11 is 13.8. The van der Waals surface area contributed by atoms with E-state index in [0.717, 1.165) is 4.31 Å². The van der Waals surface area contributed by atoms with Crippen molar-refractivity contribution in [2.24, 2.45) is 0 Å². The molecule has 1 aliphatic rings. The molecule has 12 heteroatoms. The van der Waals surface area contributed by atoms with E-state index < -0.39 is 34.0 Å². The molecule has 0 spiro atoms. The van der Waals surface area contributed by atoms with Gasteiger partial charge in [0, 0.05) is 23.0 Å². The number of hydrogen-bond acceptors (Lipinski definition) is 5. The first-order chi connectivity index (χ1) is 15.0. The topological polar surface area (TPSA) is 124 Å². The van der Waals surface area contributed by atoms with Crippen molar-refractivity contribution in [2.75, 3.05) is 6.54 Å². The van der Waals surface area contributed by atoms with Crippen molar-refractivity contribution in [1.82, 2.24) is 9.62 Å². The Labute approximate surface area is 208 Å². The number of carbonyl (C=O) groups is 2. The molecule has 0 aromatic heterocycles. The van der Waals surface area contributed by atoms with E-state index in [1.165, 1.54) is 24.3 Å². The minimum Gasteiger partial charge on any atom is -0.507 e. The van der Waals surface area contributed by atoms with Gasteiger partial charge in [0.15, 0.2) is 0 Å². The predicted octanol–water partition coefficient (Wildman–Crippen LogP) is 3.27.